The number of anilines is 1. The first-order valence-corrected chi connectivity index (χ1v) is 11.3. The Kier molecular flexibility index (Phi) is 7.90. The fraction of sp³-hybridized carbons (Fsp3) is 0.381. The molecule has 0 aliphatic heterocycles. The molecule has 1 amide bonds. The number of sulfonamides is 1. The van der Waals surface area contributed by atoms with Crippen LogP contribution >= 0.6 is 0 Å². The maximum atomic E-state index is 12.8. The van der Waals surface area contributed by atoms with E-state index in [-0.39, 0.29) is 5.91 Å². The number of rotatable bonds is 10. The summed E-state index contributed by atoms with van der Waals surface area (Å²) in [5.41, 5.74) is 1.31. The Morgan fingerprint density at radius 3 is 2.10 bits per heavy atom. The average Bonchev–Trinajstić information content (AvgIpc) is 2.70. The zero-order chi connectivity index (χ0) is 21.4. The number of nitrogens with one attached hydrogen (secondary N) is 1. The molecule has 1 atom stereocenters. The zero-order valence-corrected chi connectivity index (χ0v) is 18.0. The van der Waals surface area contributed by atoms with Crippen molar-refractivity contribution in [1.29, 1.82) is 0 Å². The number of carbonyl (C=O) groups is 1. The van der Waals surface area contributed by atoms with Crippen molar-refractivity contribution in [3.05, 3.63) is 54.1 Å². The summed E-state index contributed by atoms with van der Waals surface area (Å²) in [6, 6.07) is 13.1. The second-order valence-electron chi connectivity index (χ2n) is 6.48. The highest BCUT2D eigenvalue weighted by Gasteiger charge is 2.31. The minimum absolute atomic E-state index is 0.294. The molecule has 0 spiro atoms. The number of ether oxygens (including phenoxy) is 2. The molecule has 2 rings (SSSR count). The lowest BCUT2D eigenvalue weighted by molar-refractivity contribution is -0.122. The van der Waals surface area contributed by atoms with Gasteiger partial charge in [-0.25, -0.2) is 8.42 Å². The van der Waals surface area contributed by atoms with E-state index in [1.54, 1.807) is 31.2 Å². The Bertz CT molecular complexity index is 896. The van der Waals surface area contributed by atoms with Gasteiger partial charge in [0.2, 0.25) is 15.9 Å². The fourth-order valence-corrected chi connectivity index (χ4v) is 4.18. The first-order valence-electron chi connectivity index (χ1n) is 9.43. The number of nitrogens with zero attached hydrogens (tertiary/aromatic N) is 1. The van der Waals surface area contributed by atoms with Crippen LogP contribution in [0.2, 0.25) is 0 Å². The lowest BCUT2D eigenvalue weighted by atomic mass is 10.1. The van der Waals surface area contributed by atoms with Crippen LogP contribution in [0.4, 0.5) is 5.69 Å². The summed E-state index contributed by atoms with van der Waals surface area (Å²) in [7, 11) is -2.14. The Balaban J connectivity index is 2.16. The van der Waals surface area contributed by atoms with Crippen LogP contribution in [0.25, 0.3) is 0 Å². The molecule has 0 fully saturated rings. The summed E-state index contributed by atoms with van der Waals surface area (Å²) in [5, 5.41) is 2.84. The summed E-state index contributed by atoms with van der Waals surface area (Å²) in [4.78, 5) is 12.8. The highest BCUT2D eigenvalue weighted by Crippen LogP contribution is 2.25. The number of hydrogen-bond donors (Lipinski definition) is 1. The van der Waals surface area contributed by atoms with Gasteiger partial charge in [0.1, 0.15) is 17.5 Å². The van der Waals surface area contributed by atoms with E-state index in [0.29, 0.717) is 31.0 Å². The van der Waals surface area contributed by atoms with Gasteiger partial charge in [-0.15, -0.1) is 0 Å². The quantitative estimate of drug-likeness (QED) is 0.639. The molecular weight excluding hydrogens is 392 g/mol. The molecule has 158 valence electrons. The minimum atomic E-state index is -3.67. The molecule has 0 saturated carbocycles. The second-order valence-corrected chi connectivity index (χ2v) is 8.34. The largest absolute Gasteiger partial charge is 0.497 e. The van der Waals surface area contributed by atoms with Crippen LogP contribution in [0, 0.1) is 0 Å². The number of amides is 1. The van der Waals surface area contributed by atoms with Crippen molar-refractivity contribution < 1.29 is 22.7 Å². The monoisotopic (exact) mass is 420 g/mol. The summed E-state index contributed by atoms with van der Waals surface area (Å²) in [6.07, 6.45) is 1.42. The van der Waals surface area contributed by atoms with Gasteiger partial charge in [-0.1, -0.05) is 19.1 Å². The summed E-state index contributed by atoms with van der Waals surface area (Å²) >= 11 is 0. The third kappa shape index (κ3) is 6.12. The van der Waals surface area contributed by atoms with Crippen LogP contribution in [0.5, 0.6) is 11.5 Å². The molecule has 29 heavy (non-hydrogen) atoms. The van der Waals surface area contributed by atoms with Crippen LogP contribution in [0.15, 0.2) is 48.5 Å². The third-order valence-electron chi connectivity index (χ3n) is 4.36. The molecule has 0 heterocycles. The molecule has 0 radical (unpaired) electrons. The normalized spacial score (nSPS) is 12.1. The minimum Gasteiger partial charge on any atom is -0.497 e. The average molecular weight is 421 g/mol. The summed E-state index contributed by atoms with van der Waals surface area (Å²) in [5.74, 6) is 1.01. The SMILES string of the molecule is CCOc1ccc(CNC(=O)[C@@H](CC)N(c2ccc(OC)cc2)S(C)(=O)=O)cc1. The molecule has 8 heteroatoms. The number of benzene rings is 2. The smallest absolute Gasteiger partial charge is 0.244 e. The molecule has 7 nitrogen and oxygen atoms in total. The van der Waals surface area contributed by atoms with Gasteiger partial charge in [0.05, 0.1) is 25.7 Å². The zero-order valence-electron chi connectivity index (χ0n) is 17.2. The van der Waals surface area contributed by atoms with E-state index in [4.69, 9.17) is 9.47 Å². The van der Waals surface area contributed by atoms with E-state index in [0.717, 1.165) is 21.9 Å². The second kappa shape index (κ2) is 10.2. The standard InChI is InChI=1S/C21H28N2O5S/c1-5-20(21(24)22-15-16-7-11-19(12-8-16)28-6-2)23(29(4,25)26)17-9-13-18(27-3)14-10-17/h7-14,20H,5-6,15H2,1-4H3,(H,22,24)/t20-/m1/s1. The molecule has 1 N–H and O–H groups in total. The Morgan fingerprint density at radius 1 is 1.03 bits per heavy atom. The predicted octanol–water partition coefficient (Wildman–Crippen LogP) is 2.95. The van der Waals surface area contributed by atoms with Gasteiger partial charge in [-0.05, 0) is 55.3 Å². The van der Waals surface area contributed by atoms with E-state index in [1.165, 1.54) is 7.11 Å². The van der Waals surface area contributed by atoms with Gasteiger partial charge in [-0.2, -0.15) is 0 Å². The lowest BCUT2D eigenvalue weighted by Crippen LogP contribution is -2.49. The van der Waals surface area contributed by atoms with Crippen molar-refractivity contribution in [1.82, 2.24) is 5.32 Å². The Hall–Kier alpha value is -2.74. The molecule has 0 unspecified atom stereocenters. The van der Waals surface area contributed by atoms with Crippen LogP contribution in [-0.4, -0.2) is 40.3 Å². The van der Waals surface area contributed by atoms with E-state index in [2.05, 4.69) is 5.32 Å². The van der Waals surface area contributed by atoms with Crippen molar-refractivity contribution in [2.24, 2.45) is 0 Å². The maximum absolute atomic E-state index is 12.8. The van der Waals surface area contributed by atoms with E-state index in [9.17, 15) is 13.2 Å². The van der Waals surface area contributed by atoms with Crippen molar-refractivity contribution in [2.75, 3.05) is 24.3 Å². The van der Waals surface area contributed by atoms with Gasteiger partial charge in [-0.3, -0.25) is 9.10 Å². The van der Waals surface area contributed by atoms with Crippen LogP contribution in [0.3, 0.4) is 0 Å². The molecule has 0 saturated heterocycles. The molecule has 0 aliphatic rings. The molecule has 0 aliphatic carbocycles. The van der Waals surface area contributed by atoms with E-state index >= 15 is 0 Å². The number of hydrogen-bond acceptors (Lipinski definition) is 5. The van der Waals surface area contributed by atoms with Crippen molar-refractivity contribution in [2.45, 2.75) is 32.9 Å². The highest BCUT2D eigenvalue weighted by molar-refractivity contribution is 7.92. The molecule has 0 aromatic heterocycles. The first-order chi connectivity index (χ1) is 13.8. The Labute approximate surface area is 172 Å². The highest BCUT2D eigenvalue weighted by atomic mass is 32.2. The third-order valence-corrected chi connectivity index (χ3v) is 5.54. The van der Waals surface area contributed by atoms with Crippen LogP contribution < -0.4 is 19.1 Å². The first kappa shape index (κ1) is 22.5. The van der Waals surface area contributed by atoms with E-state index in [1.807, 2.05) is 31.2 Å². The molecule has 0 bridgehead atoms. The van der Waals surface area contributed by atoms with Gasteiger partial charge >= 0.3 is 0 Å². The van der Waals surface area contributed by atoms with Crippen molar-refractivity contribution in [3.8, 4) is 11.5 Å². The van der Waals surface area contributed by atoms with Crippen molar-refractivity contribution in [3.63, 3.8) is 0 Å². The molecular formula is C21H28N2O5S. The number of carbonyl (C=O) groups excluding carboxylic acids is 1. The van der Waals surface area contributed by atoms with Crippen molar-refractivity contribution >= 4 is 21.6 Å². The lowest BCUT2D eigenvalue weighted by Gasteiger charge is -2.30. The van der Waals surface area contributed by atoms with Gasteiger partial charge in [0.15, 0.2) is 0 Å². The van der Waals surface area contributed by atoms with E-state index < -0.39 is 16.1 Å². The van der Waals surface area contributed by atoms with Gasteiger partial charge in [0, 0.05) is 6.54 Å². The summed E-state index contributed by atoms with van der Waals surface area (Å²) < 4.78 is 36.6. The van der Waals surface area contributed by atoms with Gasteiger partial charge < -0.3 is 14.8 Å². The van der Waals surface area contributed by atoms with Crippen LogP contribution in [0.1, 0.15) is 25.8 Å². The topological polar surface area (TPSA) is 84.9 Å². The molecule has 2 aromatic carbocycles. The van der Waals surface area contributed by atoms with Gasteiger partial charge in [0.25, 0.3) is 0 Å². The van der Waals surface area contributed by atoms with Crippen LogP contribution in [-0.2, 0) is 21.4 Å². The molecule has 2 aromatic rings. The fourth-order valence-electron chi connectivity index (χ4n) is 2.97. The summed E-state index contributed by atoms with van der Waals surface area (Å²) in [6.45, 7) is 4.57. The maximum Gasteiger partial charge on any atom is 0.244 e. The Morgan fingerprint density at radius 2 is 1.62 bits per heavy atom. The predicted molar refractivity (Wildman–Crippen MR) is 114 cm³/mol. The number of methoxy groups -OCH3 is 1.